The van der Waals surface area contributed by atoms with E-state index < -0.39 is 5.60 Å². The Morgan fingerprint density at radius 1 is 1.25 bits per heavy atom. The standard InChI is InChI=1S/C16H26N2O2/c1-5-18(13-16(2,3)20)12-11-15(19)17(4)14-9-7-6-8-10-14/h6-10,20H,5,11-13H2,1-4H3. The summed E-state index contributed by atoms with van der Waals surface area (Å²) in [5.41, 5.74) is 0.174. The molecule has 0 radical (unpaired) electrons. The highest BCUT2D eigenvalue weighted by Crippen LogP contribution is 2.12. The zero-order valence-corrected chi connectivity index (χ0v) is 13.0. The number of rotatable bonds is 7. The molecule has 0 unspecified atom stereocenters. The molecule has 112 valence electrons. The van der Waals surface area contributed by atoms with Gasteiger partial charge >= 0.3 is 0 Å². The maximum atomic E-state index is 12.2. The fourth-order valence-corrected chi connectivity index (χ4v) is 2.11. The van der Waals surface area contributed by atoms with Gasteiger partial charge in [0, 0.05) is 32.2 Å². The highest BCUT2D eigenvalue weighted by Gasteiger charge is 2.18. The fraction of sp³-hybridized carbons (Fsp3) is 0.562. The third kappa shape index (κ3) is 5.72. The Morgan fingerprint density at radius 2 is 1.85 bits per heavy atom. The summed E-state index contributed by atoms with van der Waals surface area (Å²) >= 11 is 0. The number of likely N-dealkylation sites (N-methyl/N-ethyl adjacent to an activating group) is 1. The third-order valence-corrected chi connectivity index (χ3v) is 3.22. The predicted molar refractivity (Wildman–Crippen MR) is 82.9 cm³/mol. The number of para-hydroxylation sites is 1. The van der Waals surface area contributed by atoms with Crippen LogP contribution in [0.25, 0.3) is 0 Å². The van der Waals surface area contributed by atoms with Crippen LogP contribution in [0.15, 0.2) is 30.3 Å². The number of hydrogen-bond donors (Lipinski definition) is 1. The van der Waals surface area contributed by atoms with E-state index in [1.807, 2.05) is 37.3 Å². The van der Waals surface area contributed by atoms with Crippen molar-refractivity contribution in [3.63, 3.8) is 0 Å². The molecule has 0 aliphatic carbocycles. The summed E-state index contributed by atoms with van der Waals surface area (Å²) in [4.78, 5) is 15.9. The van der Waals surface area contributed by atoms with Gasteiger partial charge in [-0.1, -0.05) is 25.1 Å². The van der Waals surface area contributed by atoms with Gasteiger partial charge in [0.1, 0.15) is 0 Å². The van der Waals surface area contributed by atoms with E-state index in [1.165, 1.54) is 0 Å². The quantitative estimate of drug-likeness (QED) is 0.831. The van der Waals surface area contributed by atoms with Gasteiger partial charge in [-0.2, -0.15) is 0 Å². The zero-order chi connectivity index (χ0) is 15.2. The van der Waals surface area contributed by atoms with Crippen LogP contribution < -0.4 is 4.90 Å². The Labute approximate surface area is 122 Å². The van der Waals surface area contributed by atoms with Gasteiger partial charge in [0.2, 0.25) is 5.91 Å². The van der Waals surface area contributed by atoms with Crippen LogP contribution in [0.1, 0.15) is 27.2 Å². The molecule has 1 rings (SSSR count). The normalized spacial score (nSPS) is 11.7. The lowest BCUT2D eigenvalue weighted by atomic mass is 10.1. The molecule has 4 nitrogen and oxygen atoms in total. The third-order valence-electron chi connectivity index (χ3n) is 3.22. The van der Waals surface area contributed by atoms with E-state index in [9.17, 15) is 9.90 Å². The van der Waals surface area contributed by atoms with Gasteiger partial charge in [-0.15, -0.1) is 0 Å². The van der Waals surface area contributed by atoms with Gasteiger partial charge < -0.3 is 14.9 Å². The van der Waals surface area contributed by atoms with Crippen LogP contribution in [0, 0.1) is 0 Å². The minimum Gasteiger partial charge on any atom is -0.389 e. The molecular weight excluding hydrogens is 252 g/mol. The Bertz CT molecular complexity index is 412. The Kier molecular flexibility index (Phi) is 6.17. The van der Waals surface area contributed by atoms with Crippen molar-refractivity contribution in [2.75, 3.05) is 31.6 Å². The van der Waals surface area contributed by atoms with Crippen LogP contribution in [0.2, 0.25) is 0 Å². The summed E-state index contributed by atoms with van der Waals surface area (Å²) in [6.07, 6.45) is 0.454. The maximum Gasteiger partial charge on any atom is 0.228 e. The van der Waals surface area contributed by atoms with Crippen LogP contribution in [0.3, 0.4) is 0 Å². The lowest BCUT2D eigenvalue weighted by Gasteiger charge is -2.28. The van der Waals surface area contributed by atoms with Gasteiger partial charge in [-0.3, -0.25) is 4.79 Å². The number of aliphatic hydroxyl groups is 1. The molecule has 1 aromatic rings. The fourth-order valence-electron chi connectivity index (χ4n) is 2.11. The first-order chi connectivity index (χ1) is 9.33. The number of amides is 1. The molecule has 0 bridgehead atoms. The number of carbonyl (C=O) groups excluding carboxylic acids is 1. The van der Waals surface area contributed by atoms with Crippen LogP contribution in [-0.2, 0) is 4.79 Å². The van der Waals surface area contributed by atoms with Crippen molar-refractivity contribution in [2.45, 2.75) is 32.8 Å². The molecule has 0 aliphatic heterocycles. The molecule has 0 fully saturated rings. The first-order valence-corrected chi connectivity index (χ1v) is 7.10. The van der Waals surface area contributed by atoms with Crippen molar-refractivity contribution in [2.24, 2.45) is 0 Å². The van der Waals surface area contributed by atoms with Crippen LogP contribution >= 0.6 is 0 Å². The minimum atomic E-state index is -0.732. The Hall–Kier alpha value is -1.39. The van der Waals surface area contributed by atoms with Crippen LogP contribution in [0.4, 0.5) is 5.69 Å². The van der Waals surface area contributed by atoms with Crippen LogP contribution in [-0.4, -0.2) is 48.2 Å². The lowest BCUT2D eigenvalue weighted by molar-refractivity contribution is -0.118. The van der Waals surface area contributed by atoms with Crippen LogP contribution in [0.5, 0.6) is 0 Å². The molecule has 0 heterocycles. The molecule has 4 heteroatoms. The largest absolute Gasteiger partial charge is 0.389 e. The van der Waals surface area contributed by atoms with Gasteiger partial charge in [-0.25, -0.2) is 0 Å². The zero-order valence-electron chi connectivity index (χ0n) is 13.0. The molecule has 0 aromatic heterocycles. The average Bonchev–Trinajstić information content (AvgIpc) is 2.42. The first kappa shape index (κ1) is 16.7. The second kappa shape index (κ2) is 7.41. The average molecular weight is 278 g/mol. The van der Waals surface area contributed by atoms with E-state index >= 15 is 0 Å². The summed E-state index contributed by atoms with van der Waals surface area (Å²) in [7, 11) is 1.80. The predicted octanol–water partition coefficient (Wildman–Crippen LogP) is 2.13. The van der Waals surface area contributed by atoms with Crippen molar-refractivity contribution < 1.29 is 9.90 Å². The second-order valence-electron chi connectivity index (χ2n) is 5.72. The van der Waals surface area contributed by atoms with Crippen molar-refractivity contribution >= 4 is 11.6 Å². The number of benzene rings is 1. The maximum absolute atomic E-state index is 12.2. The Balaban J connectivity index is 2.50. The van der Waals surface area contributed by atoms with E-state index in [1.54, 1.807) is 25.8 Å². The van der Waals surface area contributed by atoms with Gasteiger partial charge in [0.05, 0.1) is 5.60 Å². The molecule has 0 aliphatic rings. The molecule has 20 heavy (non-hydrogen) atoms. The van der Waals surface area contributed by atoms with E-state index in [-0.39, 0.29) is 5.91 Å². The molecule has 1 amide bonds. The Morgan fingerprint density at radius 3 is 2.35 bits per heavy atom. The summed E-state index contributed by atoms with van der Waals surface area (Å²) in [5, 5.41) is 9.83. The second-order valence-corrected chi connectivity index (χ2v) is 5.72. The number of nitrogens with zero attached hydrogens (tertiary/aromatic N) is 2. The molecule has 0 saturated carbocycles. The first-order valence-electron chi connectivity index (χ1n) is 7.10. The van der Waals surface area contributed by atoms with Crippen molar-refractivity contribution in [1.82, 2.24) is 4.90 Å². The number of anilines is 1. The number of hydrogen-bond acceptors (Lipinski definition) is 3. The summed E-state index contributed by atoms with van der Waals surface area (Å²) in [5.74, 6) is 0.0883. The highest BCUT2D eigenvalue weighted by molar-refractivity contribution is 5.92. The molecule has 1 aromatic carbocycles. The highest BCUT2D eigenvalue weighted by atomic mass is 16.3. The summed E-state index contributed by atoms with van der Waals surface area (Å²) in [6.45, 7) is 7.67. The SMILES string of the molecule is CCN(CCC(=O)N(C)c1ccccc1)CC(C)(C)O. The van der Waals surface area contributed by atoms with Crippen molar-refractivity contribution in [3.05, 3.63) is 30.3 Å². The van der Waals surface area contributed by atoms with Gasteiger partial charge in [0.15, 0.2) is 0 Å². The lowest BCUT2D eigenvalue weighted by Crippen LogP contribution is -2.40. The van der Waals surface area contributed by atoms with E-state index in [4.69, 9.17) is 0 Å². The topological polar surface area (TPSA) is 43.8 Å². The van der Waals surface area contributed by atoms with E-state index in [2.05, 4.69) is 4.90 Å². The molecule has 0 saturated heterocycles. The summed E-state index contributed by atoms with van der Waals surface area (Å²) in [6, 6.07) is 9.63. The van der Waals surface area contributed by atoms with Crippen molar-refractivity contribution in [3.8, 4) is 0 Å². The van der Waals surface area contributed by atoms with E-state index in [0.717, 1.165) is 12.2 Å². The summed E-state index contributed by atoms with van der Waals surface area (Å²) < 4.78 is 0. The number of carbonyl (C=O) groups is 1. The van der Waals surface area contributed by atoms with Gasteiger partial charge in [-0.05, 0) is 32.5 Å². The molecule has 1 N–H and O–H groups in total. The van der Waals surface area contributed by atoms with Gasteiger partial charge in [0.25, 0.3) is 0 Å². The molecule has 0 atom stereocenters. The minimum absolute atomic E-state index is 0.0883. The molecular formula is C16H26N2O2. The molecule has 0 spiro atoms. The van der Waals surface area contributed by atoms with Crippen molar-refractivity contribution in [1.29, 1.82) is 0 Å². The monoisotopic (exact) mass is 278 g/mol. The van der Waals surface area contributed by atoms with E-state index in [0.29, 0.717) is 19.5 Å². The smallest absolute Gasteiger partial charge is 0.228 e.